The van der Waals surface area contributed by atoms with E-state index < -0.39 is 0 Å². The van der Waals surface area contributed by atoms with Crippen LogP contribution in [0.5, 0.6) is 0 Å². The predicted molar refractivity (Wildman–Crippen MR) is 85.7 cm³/mol. The van der Waals surface area contributed by atoms with E-state index in [0.29, 0.717) is 33.9 Å². The summed E-state index contributed by atoms with van der Waals surface area (Å²) in [5.41, 5.74) is 2.68. The molecule has 6 heteroatoms. The van der Waals surface area contributed by atoms with Crippen LogP contribution in [0.3, 0.4) is 0 Å². The van der Waals surface area contributed by atoms with Gasteiger partial charge >= 0.3 is 0 Å². The van der Waals surface area contributed by atoms with E-state index in [-0.39, 0.29) is 5.82 Å². The first-order valence-corrected chi connectivity index (χ1v) is 7.79. The second-order valence-electron chi connectivity index (χ2n) is 4.69. The molecule has 0 aliphatic rings. The van der Waals surface area contributed by atoms with Crippen molar-refractivity contribution in [3.05, 3.63) is 52.1 Å². The molecular formula is C15H12BrClFN3. The monoisotopic (exact) mass is 367 g/mol. The lowest BCUT2D eigenvalue weighted by molar-refractivity contribution is 0.615. The lowest BCUT2D eigenvalue weighted by atomic mass is 10.3. The van der Waals surface area contributed by atoms with Crippen molar-refractivity contribution in [2.75, 3.05) is 5.88 Å². The molecule has 0 aliphatic carbocycles. The van der Waals surface area contributed by atoms with Crippen LogP contribution in [-0.4, -0.2) is 20.4 Å². The highest BCUT2D eigenvalue weighted by molar-refractivity contribution is 9.10. The van der Waals surface area contributed by atoms with Gasteiger partial charge in [-0.25, -0.2) is 14.4 Å². The van der Waals surface area contributed by atoms with Gasteiger partial charge in [0.05, 0.1) is 5.69 Å². The van der Waals surface area contributed by atoms with Gasteiger partial charge in [-0.05, 0) is 37.3 Å². The molecule has 3 nitrogen and oxygen atoms in total. The van der Waals surface area contributed by atoms with Crippen molar-refractivity contribution in [1.82, 2.24) is 14.5 Å². The van der Waals surface area contributed by atoms with Crippen LogP contribution < -0.4 is 0 Å². The maximum Gasteiger partial charge on any atom is 0.165 e. The van der Waals surface area contributed by atoms with Crippen LogP contribution in [0, 0.1) is 12.7 Å². The summed E-state index contributed by atoms with van der Waals surface area (Å²) in [6.45, 7) is 1.90. The normalized spacial score (nSPS) is 11.2. The summed E-state index contributed by atoms with van der Waals surface area (Å²) in [7, 11) is 0. The fourth-order valence-corrected chi connectivity index (χ4v) is 2.77. The molecule has 0 aliphatic heterocycles. The molecule has 0 N–H and O–H groups in total. The van der Waals surface area contributed by atoms with Crippen molar-refractivity contribution in [2.24, 2.45) is 0 Å². The Kier molecular flexibility index (Phi) is 3.95. The van der Waals surface area contributed by atoms with Gasteiger partial charge < -0.3 is 0 Å². The highest BCUT2D eigenvalue weighted by atomic mass is 79.9. The molecular weight excluding hydrogens is 357 g/mol. The summed E-state index contributed by atoms with van der Waals surface area (Å²) in [5.74, 6) is 0.794. The fraction of sp³-hybridized carbons (Fsp3) is 0.200. The SMILES string of the molecule is Cc1ccc2nc(CCCl)n(-c3ccc(Br)cc3F)c2n1. The van der Waals surface area contributed by atoms with E-state index in [0.717, 1.165) is 11.2 Å². The van der Waals surface area contributed by atoms with Crippen molar-refractivity contribution in [3.63, 3.8) is 0 Å². The summed E-state index contributed by atoms with van der Waals surface area (Å²) in [5, 5.41) is 0. The molecule has 2 aromatic heterocycles. The summed E-state index contributed by atoms with van der Waals surface area (Å²) >= 11 is 9.11. The molecule has 2 heterocycles. The molecule has 3 aromatic rings. The summed E-state index contributed by atoms with van der Waals surface area (Å²) in [6, 6.07) is 8.72. The lowest BCUT2D eigenvalue weighted by Gasteiger charge is -2.09. The zero-order chi connectivity index (χ0) is 15.0. The van der Waals surface area contributed by atoms with E-state index in [4.69, 9.17) is 11.6 Å². The molecule has 0 bridgehead atoms. The predicted octanol–water partition coefficient (Wildman–Crippen LogP) is 4.41. The van der Waals surface area contributed by atoms with Crippen molar-refractivity contribution in [1.29, 1.82) is 0 Å². The molecule has 0 unspecified atom stereocenters. The van der Waals surface area contributed by atoms with Crippen LogP contribution in [0.15, 0.2) is 34.8 Å². The minimum absolute atomic E-state index is 0.331. The average molecular weight is 369 g/mol. The first-order valence-electron chi connectivity index (χ1n) is 6.46. The standard InChI is InChI=1S/C15H12BrClFN3/c1-9-2-4-12-15(19-9)21(14(20-12)6-7-17)13-5-3-10(16)8-11(13)18/h2-5,8H,6-7H2,1H3. The zero-order valence-electron chi connectivity index (χ0n) is 11.3. The Morgan fingerprint density at radius 2 is 2.05 bits per heavy atom. The van der Waals surface area contributed by atoms with Crippen LogP contribution in [0.1, 0.15) is 11.5 Å². The van der Waals surface area contributed by atoms with E-state index in [2.05, 4.69) is 25.9 Å². The van der Waals surface area contributed by atoms with Crippen molar-refractivity contribution < 1.29 is 4.39 Å². The Balaban J connectivity index is 2.32. The number of hydrogen-bond acceptors (Lipinski definition) is 2. The number of aryl methyl sites for hydroxylation is 2. The van der Waals surface area contributed by atoms with Gasteiger partial charge in [0, 0.05) is 22.5 Å². The van der Waals surface area contributed by atoms with E-state index in [1.165, 1.54) is 6.07 Å². The van der Waals surface area contributed by atoms with Gasteiger partial charge in [-0.1, -0.05) is 15.9 Å². The van der Waals surface area contributed by atoms with Gasteiger partial charge in [0.2, 0.25) is 0 Å². The number of benzene rings is 1. The van der Waals surface area contributed by atoms with Gasteiger partial charge in [0.25, 0.3) is 0 Å². The number of pyridine rings is 1. The third kappa shape index (κ3) is 2.68. The van der Waals surface area contributed by atoms with Gasteiger partial charge in [-0.2, -0.15) is 0 Å². The molecule has 0 atom stereocenters. The summed E-state index contributed by atoms with van der Waals surface area (Å²) in [4.78, 5) is 9.02. The Morgan fingerprint density at radius 3 is 2.76 bits per heavy atom. The third-order valence-corrected chi connectivity index (χ3v) is 3.86. The first kappa shape index (κ1) is 14.5. The number of nitrogens with zero attached hydrogens (tertiary/aromatic N) is 3. The average Bonchev–Trinajstić information content (AvgIpc) is 2.77. The number of halogens is 3. The molecule has 0 saturated heterocycles. The minimum atomic E-state index is -0.331. The quantitative estimate of drug-likeness (QED) is 0.641. The van der Waals surface area contributed by atoms with Crippen LogP contribution in [-0.2, 0) is 6.42 Å². The number of hydrogen-bond donors (Lipinski definition) is 0. The lowest BCUT2D eigenvalue weighted by Crippen LogP contribution is -2.05. The second kappa shape index (κ2) is 5.73. The Labute approximate surface area is 134 Å². The number of fused-ring (bicyclic) bond motifs is 1. The van der Waals surface area contributed by atoms with Gasteiger partial charge in [-0.3, -0.25) is 4.57 Å². The Hall–Kier alpha value is -1.46. The smallest absolute Gasteiger partial charge is 0.165 e. The molecule has 108 valence electrons. The largest absolute Gasteiger partial charge is 0.278 e. The summed E-state index contributed by atoms with van der Waals surface area (Å²) < 4.78 is 16.8. The van der Waals surface area contributed by atoms with E-state index in [1.54, 1.807) is 16.7 Å². The van der Waals surface area contributed by atoms with Crippen molar-refractivity contribution >= 4 is 38.7 Å². The second-order valence-corrected chi connectivity index (χ2v) is 5.99. The molecule has 0 amide bonds. The van der Waals surface area contributed by atoms with Crippen LogP contribution >= 0.6 is 27.5 Å². The highest BCUT2D eigenvalue weighted by Gasteiger charge is 2.16. The molecule has 1 aromatic carbocycles. The number of aromatic nitrogens is 3. The van der Waals surface area contributed by atoms with E-state index in [1.807, 2.05) is 19.1 Å². The first-order chi connectivity index (χ1) is 10.1. The minimum Gasteiger partial charge on any atom is -0.278 e. The number of rotatable bonds is 3. The molecule has 0 fully saturated rings. The van der Waals surface area contributed by atoms with Gasteiger partial charge in [0.1, 0.15) is 17.2 Å². The molecule has 21 heavy (non-hydrogen) atoms. The summed E-state index contributed by atoms with van der Waals surface area (Å²) in [6.07, 6.45) is 0.548. The van der Waals surface area contributed by atoms with Crippen molar-refractivity contribution in [2.45, 2.75) is 13.3 Å². The van der Waals surface area contributed by atoms with Crippen molar-refractivity contribution in [3.8, 4) is 5.69 Å². The maximum atomic E-state index is 14.3. The third-order valence-electron chi connectivity index (χ3n) is 3.18. The van der Waals surface area contributed by atoms with Crippen LogP contribution in [0.25, 0.3) is 16.9 Å². The van der Waals surface area contributed by atoms with Crippen LogP contribution in [0.2, 0.25) is 0 Å². The van der Waals surface area contributed by atoms with Gasteiger partial charge in [0.15, 0.2) is 5.65 Å². The number of imidazole rings is 1. The number of alkyl halides is 1. The molecule has 0 saturated carbocycles. The topological polar surface area (TPSA) is 30.7 Å². The molecule has 0 spiro atoms. The van der Waals surface area contributed by atoms with Gasteiger partial charge in [-0.15, -0.1) is 11.6 Å². The zero-order valence-corrected chi connectivity index (χ0v) is 13.6. The Bertz CT molecular complexity index is 816. The van der Waals surface area contributed by atoms with Crippen LogP contribution in [0.4, 0.5) is 4.39 Å². The Morgan fingerprint density at radius 1 is 1.24 bits per heavy atom. The highest BCUT2D eigenvalue weighted by Crippen LogP contribution is 2.25. The van der Waals surface area contributed by atoms with E-state index in [9.17, 15) is 4.39 Å². The fourth-order valence-electron chi connectivity index (χ4n) is 2.27. The molecule has 3 rings (SSSR count). The maximum absolute atomic E-state index is 14.3. The molecule has 0 radical (unpaired) electrons. The van der Waals surface area contributed by atoms with E-state index >= 15 is 0 Å².